The van der Waals surface area contributed by atoms with Crippen LogP contribution in [0.5, 0.6) is 0 Å². The van der Waals surface area contributed by atoms with Crippen molar-refractivity contribution in [3.8, 4) is 5.69 Å². The van der Waals surface area contributed by atoms with Crippen LogP contribution in [0.3, 0.4) is 0 Å². The van der Waals surface area contributed by atoms with Gasteiger partial charge in [0.25, 0.3) is 0 Å². The van der Waals surface area contributed by atoms with E-state index >= 15 is 0 Å². The molecule has 2 aliphatic heterocycles. The number of para-hydroxylation sites is 1. The number of likely N-dealkylation sites (tertiary alicyclic amines) is 1. The molecule has 1 aliphatic carbocycles. The molecule has 6 heteroatoms. The molecule has 3 aromatic rings. The second-order valence-electron chi connectivity index (χ2n) is 11.0. The third-order valence-corrected chi connectivity index (χ3v) is 8.86. The molecule has 1 N–H and O–H groups in total. The van der Waals surface area contributed by atoms with Crippen LogP contribution in [0, 0.1) is 11.3 Å². The van der Waals surface area contributed by atoms with Crippen LogP contribution in [0.25, 0.3) is 5.69 Å². The lowest BCUT2D eigenvalue weighted by Gasteiger charge is -2.38. The van der Waals surface area contributed by atoms with E-state index in [4.69, 9.17) is 4.74 Å². The van der Waals surface area contributed by atoms with E-state index in [9.17, 15) is 4.79 Å². The molecule has 1 unspecified atom stereocenters. The summed E-state index contributed by atoms with van der Waals surface area (Å²) in [5.74, 6) is 0.433. The first kappa shape index (κ1) is 23.4. The van der Waals surface area contributed by atoms with E-state index in [0.717, 1.165) is 70.6 Å². The Morgan fingerprint density at radius 1 is 0.972 bits per heavy atom. The van der Waals surface area contributed by atoms with Crippen molar-refractivity contribution >= 4 is 5.91 Å². The zero-order valence-corrected chi connectivity index (χ0v) is 20.9. The summed E-state index contributed by atoms with van der Waals surface area (Å²) in [5, 5.41) is 7.92. The molecule has 1 spiro atoms. The van der Waals surface area contributed by atoms with Crippen LogP contribution in [0.15, 0.2) is 73.1 Å². The number of piperidine rings is 1. The van der Waals surface area contributed by atoms with Crippen LogP contribution in [-0.4, -0.2) is 53.4 Å². The Morgan fingerprint density at radius 3 is 2.39 bits per heavy atom. The Bertz CT molecular complexity index is 1160. The first-order valence-electron chi connectivity index (χ1n) is 13.4. The van der Waals surface area contributed by atoms with Gasteiger partial charge in [0, 0.05) is 49.4 Å². The number of amides is 1. The monoisotopic (exact) mass is 484 g/mol. The molecule has 1 aromatic heterocycles. The van der Waals surface area contributed by atoms with Gasteiger partial charge in [0.15, 0.2) is 0 Å². The lowest BCUT2D eigenvalue weighted by molar-refractivity contribution is -0.124. The maximum absolute atomic E-state index is 13.2. The molecule has 0 radical (unpaired) electrons. The van der Waals surface area contributed by atoms with Crippen LogP contribution in [-0.2, 0) is 21.5 Å². The summed E-state index contributed by atoms with van der Waals surface area (Å²) in [7, 11) is 0. The molecule has 1 amide bonds. The highest BCUT2D eigenvalue weighted by Gasteiger charge is 2.58. The van der Waals surface area contributed by atoms with Crippen molar-refractivity contribution in [1.82, 2.24) is 20.0 Å². The minimum absolute atomic E-state index is 0.00915. The van der Waals surface area contributed by atoms with Crippen molar-refractivity contribution < 1.29 is 9.53 Å². The maximum atomic E-state index is 13.2. The fourth-order valence-corrected chi connectivity index (χ4v) is 6.35. The van der Waals surface area contributed by atoms with E-state index in [1.165, 1.54) is 11.1 Å². The lowest BCUT2D eigenvalue weighted by Crippen LogP contribution is -2.45. The molecular formula is C30H36N4O2. The molecule has 1 saturated carbocycles. The van der Waals surface area contributed by atoms with Gasteiger partial charge < -0.3 is 10.1 Å². The fraction of sp³-hybridized carbons (Fsp3) is 0.467. The fourth-order valence-electron chi connectivity index (χ4n) is 6.35. The highest BCUT2D eigenvalue weighted by Crippen LogP contribution is 2.59. The van der Waals surface area contributed by atoms with Crippen molar-refractivity contribution in [2.75, 3.05) is 32.8 Å². The first-order chi connectivity index (χ1) is 17.7. The second kappa shape index (κ2) is 9.83. The van der Waals surface area contributed by atoms with Gasteiger partial charge in [-0.25, -0.2) is 4.68 Å². The van der Waals surface area contributed by atoms with E-state index in [-0.39, 0.29) is 22.7 Å². The molecule has 3 fully saturated rings. The Kier molecular flexibility index (Phi) is 6.40. The summed E-state index contributed by atoms with van der Waals surface area (Å²) < 4.78 is 7.60. The summed E-state index contributed by atoms with van der Waals surface area (Å²) in [6, 6.07) is 20.9. The summed E-state index contributed by atoms with van der Waals surface area (Å²) in [5.41, 5.74) is 3.85. The number of carbonyl (C=O) groups excluding carboxylic acids is 1. The lowest BCUT2D eigenvalue weighted by atomic mass is 9.74. The Morgan fingerprint density at radius 2 is 1.67 bits per heavy atom. The molecule has 3 heterocycles. The Hall–Kier alpha value is -2.96. The third kappa shape index (κ3) is 4.72. The van der Waals surface area contributed by atoms with Gasteiger partial charge in [-0.15, -0.1) is 0 Å². The van der Waals surface area contributed by atoms with Gasteiger partial charge in [0.2, 0.25) is 5.91 Å². The van der Waals surface area contributed by atoms with E-state index in [0.29, 0.717) is 6.54 Å². The number of nitrogens with one attached hydrogen (secondary N) is 1. The standard InChI is InChI=1S/C30H36N4O2/c35-28(31-23-30(13-17-36-18-14-30)25-7-3-1-4-8-25)27-19-29(27)11-15-33(16-12-29)21-24-20-32-34(22-24)26-9-5-2-6-10-26/h1-10,20,22,27H,11-19,21,23H2,(H,31,35). The molecular weight excluding hydrogens is 448 g/mol. The summed E-state index contributed by atoms with van der Waals surface area (Å²) >= 11 is 0. The molecule has 2 saturated heterocycles. The average Bonchev–Trinajstić information content (AvgIpc) is 3.44. The highest BCUT2D eigenvalue weighted by atomic mass is 16.5. The third-order valence-electron chi connectivity index (χ3n) is 8.86. The van der Waals surface area contributed by atoms with Crippen LogP contribution in [0.4, 0.5) is 0 Å². The van der Waals surface area contributed by atoms with Crippen molar-refractivity contribution in [1.29, 1.82) is 0 Å². The van der Waals surface area contributed by atoms with Gasteiger partial charge in [0.1, 0.15) is 0 Å². The molecule has 1 atom stereocenters. The molecule has 0 bridgehead atoms. The van der Waals surface area contributed by atoms with E-state index in [1.807, 2.05) is 29.1 Å². The first-order valence-corrected chi connectivity index (χ1v) is 13.4. The van der Waals surface area contributed by atoms with E-state index in [1.54, 1.807) is 0 Å². The van der Waals surface area contributed by atoms with Crippen LogP contribution in [0.1, 0.15) is 43.2 Å². The van der Waals surface area contributed by atoms with Crippen molar-refractivity contribution in [2.24, 2.45) is 11.3 Å². The minimum Gasteiger partial charge on any atom is -0.381 e. The summed E-state index contributed by atoms with van der Waals surface area (Å²) in [4.78, 5) is 15.7. The molecule has 3 aliphatic rings. The topological polar surface area (TPSA) is 59.4 Å². The Labute approximate surface area is 213 Å². The number of benzene rings is 2. The van der Waals surface area contributed by atoms with Gasteiger partial charge in [0.05, 0.1) is 11.9 Å². The predicted octanol–water partition coefficient (Wildman–Crippen LogP) is 4.34. The van der Waals surface area contributed by atoms with Crippen LogP contribution >= 0.6 is 0 Å². The second-order valence-corrected chi connectivity index (χ2v) is 11.0. The highest BCUT2D eigenvalue weighted by molar-refractivity contribution is 5.82. The van der Waals surface area contributed by atoms with Crippen LogP contribution in [0.2, 0.25) is 0 Å². The number of carbonyl (C=O) groups is 1. The van der Waals surface area contributed by atoms with Crippen molar-refractivity contribution in [3.05, 3.63) is 84.2 Å². The van der Waals surface area contributed by atoms with Gasteiger partial charge in [-0.3, -0.25) is 9.69 Å². The molecule has 6 rings (SSSR count). The SMILES string of the molecule is O=C(NCC1(c2ccccc2)CCOCC1)C1CC12CCN(Cc1cnn(-c3ccccc3)c1)CC2. The zero-order chi connectivity index (χ0) is 24.4. The smallest absolute Gasteiger partial charge is 0.223 e. The van der Waals surface area contributed by atoms with Crippen LogP contribution < -0.4 is 5.32 Å². The molecule has 6 nitrogen and oxygen atoms in total. The van der Waals surface area contributed by atoms with Crippen molar-refractivity contribution in [3.63, 3.8) is 0 Å². The predicted molar refractivity (Wildman–Crippen MR) is 140 cm³/mol. The number of aromatic nitrogens is 2. The number of ether oxygens (including phenoxy) is 1. The molecule has 36 heavy (non-hydrogen) atoms. The summed E-state index contributed by atoms with van der Waals surface area (Å²) in [6.07, 6.45) is 9.28. The quantitative estimate of drug-likeness (QED) is 0.542. The number of rotatable bonds is 7. The maximum Gasteiger partial charge on any atom is 0.223 e. The van der Waals surface area contributed by atoms with E-state index < -0.39 is 0 Å². The van der Waals surface area contributed by atoms with Gasteiger partial charge in [-0.1, -0.05) is 48.5 Å². The van der Waals surface area contributed by atoms with Gasteiger partial charge in [-0.05, 0) is 68.3 Å². The number of nitrogens with zero attached hydrogens (tertiary/aromatic N) is 3. The Balaban J connectivity index is 1.01. The van der Waals surface area contributed by atoms with Gasteiger partial charge >= 0.3 is 0 Å². The number of hydrogen-bond acceptors (Lipinski definition) is 4. The normalized spacial score (nSPS) is 22.8. The van der Waals surface area contributed by atoms with E-state index in [2.05, 4.69) is 64.0 Å². The average molecular weight is 485 g/mol. The number of hydrogen-bond donors (Lipinski definition) is 1. The van der Waals surface area contributed by atoms with Crippen molar-refractivity contribution in [2.45, 2.75) is 44.1 Å². The van der Waals surface area contributed by atoms with Gasteiger partial charge in [-0.2, -0.15) is 5.10 Å². The molecule has 188 valence electrons. The molecule has 2 aromatic carbocycles. The minimum atomic E-state index is -0.00915. The largest absolute Gasteiger partial charge is 0.381 e. The summed E-state index contributed by atoms with van der Waals surface area (Å²) in [6.45, 7) is 5.25. The zero-order valence-electron chi connectivity index (χ0n) is 20.9.